The third kappa shape index (κ3) is 4.31. The predicted octanol–water partition coefficient (Wildman–Crippen LogP) is 2.52. The summed E-state index contributed by atoms with van der Waals surface area (Å²) in [7, 11) is 2.17. The van der Waals surface area contributed by atoms with Crippen LogP contribution in [0.2, 0.25) is 0 Å². The molecule has 0 saturated carbocycles. The molecule has 1 aliphatic heterocycles. The van der Waals surface area contributed by atoms with Gasteiger partial charge in [-0.3, -0.25) is 0 Å². The number of nitrogens with one attached hydrogen (secondary N) is 1. The van der Waals surface area contributed by atoms with Crippen molar-refractivity contribution < 1.29 is 4.74 Å². The summed E-state index contributed by atoms with van der Waals surface area (Å²) in [5.74, 6) is 0. The Morgan fingerprint density at radius 3 is 3.06 bits per heavy atom. The van der Waals surface area contributed by atoms with Crippen LogP contribution in [0.4, 0.5) is 5.69 Å². The minimum atomic E-state index is 0.453. The van der Waals surface area contributed by atoms with E-state index in [1.54, 1.807) is 0 Å². The zero-order valence-electron chi connectivity index (χ0n) is 11.5. The Morgan fingerprint density at radius 2 is 2.33 bits per heavy atom. The van der Waals surface area contributed by atoms with Gasteiger partial charge >= 0.3 is 0 Å². The Morgan fingerprint density at radius 1 is 1.44 bits per heavy atom. The summed E-state index contributed by atoms with van der Waals surface area (Å²) in [6, 6.07) is 8.51. The first-order valence-corrected chi connectivity index (χ1v) is 6.85. The molecule has 0 spiro atoms. The van der Waals surface area contributed by atoms with Crippen LogP contribution in [0.3, 0.4) is 0 Å². The van der Waals surface area contributed by atoms with E-state index in [9.17, 15) is 0 Å². The first kappa shape index (κ1) is 13.4. The Balaban J connectivity index is 1.65. The van der Waals surface area contributed by atoms with Crippen molar-refractivity contribution in [1.82, 2.24) is 4.90 Å². The Bertz CT molecular complexity index is 361. The largest absolute Gasteiger partial charge is 0.384 e. The molecule has 1 N–H and O–H groups in total. The standard InChI is InChI=1S/C15H24N2O/c1-13-5-3-6-14(11-13)16-8-9-17(2)12-15-7-4-10-18-15/h3,5-6,11,15-16H,4,7-10,12H2,1-2H3. The van der Waals surface area contributed by atoms with E-state index in [4.69, 9.17) is 4.74 Å². The second kappa shape index (κ2) is 6.76. The molecule has 100 valence electrons. The highest BCUT2D eigenvalue weighted by Gasteiger charge is 2.16. The highest BCUT2D eigenvalue weighted by molar-refractivity contribution is 5.45. The van der Waals surface area contributed by atoms with Gasteiger partial charge in [0.05, 0.1) is 6.10 Å². The summed E-state index contributed by atoms with van der Waals surface area (Å²) in [4.78, 5) is 2.35. The second-order valence-corrected chi connectivity index (χ2v) is 5.19. The highest BCUT2D eigenvalue weighted by atomic mass is 16.5. The molecule has 1 fully saturated rings. The van der Waals surface area contributed by atoms with E-state index in [-0.39, 0.29) is 0 Å². The third-order valence-corrected chi connectivity index (χ3v) is 3.38. The molecule has 0 bridgehead atoms. The molecule has 1 atom stereocenters. The first-order valence-electron chi connectivity index (χ1n) is 6.85. The smallest absolute Gasteiger partial charge is 0.0702 e. The number of rotatable bonds is 6. The molecule has 1 aliphatic rings. The Labute approximate surface area is 110 Å². The minimum Gasteiger partial charge on any atom is -0.384 e. The molecule has 0 aliphatic carbocycles. The summed E-state index contributed by atoms with van der Waals surface area (Å²) < 4.78 is 5.64. The van der Waals surface area contributed by atoms with Gasteiger partial charge < -0.3 is 15.0 Å². The quantitative estimate of drug-likeness (QED) is 0.837. The molecule has 0 radical (unpaired) electrons. The zero-order valence-corrected chi connectivity index (χ0v) is 11.5. The molecule has 1 heterocycles. The van der Waals surface area contributed by atoms with Crippen LogP contribution in [0.5, 0.6) is 0 Å². The molecule has 18 heavy (non-hydrogen) atoms. The Kier molecular flexibility index (Phi) is 5.02. The van der Waals surface area contributed by atoms with Crippen LogP contribution in [0, 0.1) is 6.92 Å². The van der Waals surface area contributed by atoms with Crippen LogP contribution < -0.4 is 5.32 Å². The number of benzene rings is 1. The van der Waals surface area contributed by atoms with Crippen LogP contribution in [0.15, 0.2) is 24.3 Å². The lowest BCUT2D eigenvalue weighted by Gasteiger charge is -2.20. The van der Waals surface area contributed by atoms with Crippen molar-refractivity contribution in [2.24, 2.45) is 0 Å². The van der Waals surface area contributed by atoms with Gasteiger partial charge in [0.1, 0.15) is 0 Å². The summed E-state index contributed by atoms with van der Waals surface area (Å²) >= 11 is 0. The fourth-order valence-electron chi connectivity index (χ4n) is 2.37. The van der Waals surface area contributed by atoms with Crippen molar-refractivity contribution in [3.8, 4) is 0 Å². The van der Waals surface area contributed by atoms with Crippen molar-refractivity contribution >= 4 is 5.69 Å². The van der Waals surface area contributed by atoms with Crippen LogP contribution in [0.25, 0.3) is 0 Å². The monoisotopic (exact) mass is 248 g/mol. The molecule has 1 aromatic rings. The fourth-order valence-corrected chi connectivity index (χ4v) is 2.37. The van der Waals surface area contributed by atoms with E-state index in [0.29, 0.717) is 6.10 Å². The molecule has 1 unspecified atom stereocenters. The van der Waals surface area contributed by atoms with Gasteiger partial charge in [-0.25, -0.2) is 0 Å². The molecule has 3 heteroatoms. The lowest BCUT2D eigenvalue weighted by molar-refractivity contribution is 0.0823. The van der Waals surface area contributed by atoms with E-state index in [2.05, 4.69) is 48.5 Å². The van der Waals surface area contributed by atoms with E-state index >= 15 is 0 Å². The number of hydrogen-bond donors (Lipinski definition) is 1. The lowest BCUT2D eigenvalue weighted by Crippen LogP contribution is -2.32. The molecule has 1 aromatic carbocycles. The number of aryl methyl sites for hydroxylation is 1. The van der Waals surface area contributed by atoms with Crippen molar-refractivity contribution in [1.29, 1.82) is 0 Å². The number of anilines is 1. The van der Waals surface area contributed by atoms with Crippen molar-refractivity contribution in [3.63, 3.8) is 0 Å². The average molecular weight is 248 g/mol. The van der Waals surface area contributed by atoms with E-state index in [1.807, 2.05) is 0 Å². The van der Waals surface area contributed by atoms with Gasteiger partial charge in [-0.2, -0.15) is 0 Å². The van der Waals surface area contributed by atoms with Crippen LogP contribution in [0.1, 0.15) is 18.4 Å². The van der Waals surface area contributed by atoms with Gasteiger partial charge in [-0.15, -0.1) is 0 Å². The maximum atomic E-state index is 5.64. The van der Waals surface area contributed by atoms with Gasteiger partial charge in [-0.05, 0) is 44.5 Å². The third-order valence-electron chi connectivity index (χ3n) is 3.38. The molecule has 3 nitrogen and oxygen atoms in total. The van der Waals surface area contributed by atoms with Crippen LogP contribution in [-0.2, 0) is 4.74 Å². The van der Waals surface area contributed by atoms with Crippen LogP contribution in [-0.4, -0.2) is 44.3 Å². The summed E-state index contributed by atoms with van der Waals surface area (Å²) in [5.41, 5.74) is 2.51. The van der Waals surface area contributed by atoms with Crippen molar-refractivity contribution in [2.45, 2.75) is 25.9 Å². The maximum Gasteiger partial charge on any atom is 0.0702 e. The molecule has 0 aromatic heterocycles. The summed E-state index contributed by atoms with van der Waals surface area (Å²) in [6.07, 6.45) is 2.89. The SMILES string of the molecule is Cc1cccc(NCCN(C)CC2CCCO2)c1. The van der Waals surface area contributed by atoms with Crippen LogP contribution >= 0.6 is 0 Å². The fraction of sp³-hybridized carbons (Fsp3) is 0.600. The number of hydrogen-bond acceptors (Lipinski definition) is 3. The van der Waals surface area contributed by atoms with Gasteiger partial charge in [0.2, 0.25) is 0 Å². The first-order chi connectivity index (χ1) is 8.74. The van der Waals surface area contributed by atoms with Gasteiger partial charge in [0.15, 0.2) is 0 Å². The molecular formula is C15H24N2O. The van der Waals surface area contributed by atoms with Gasteiger partial charge in [0, 0.05) is 31.9 Å². The molecule has 2 rings (SSSR count). The number of ether oxygens (including phenoxy) is 1. The average Bonchev–Trinajstić information content (AvgIpc) is 2.82. The summed E-state index contributed by atoms with van der Waals surface area (Å²) in [6.45, 7) is 6.14. The van der Waals surface area contributed by atoms with Crippen molar-refractivity contribution in [3.05, 3.63) is 29.8 Å². The van der Waals surface area contributed by atoms with Gasteiger partial charge in [0.25, 0.3) is 0 Å². The van der Waals surface area contributed by atoms with Gasteiger partial charge in [-0.1, -0.05) is 12.1 Å². The molecule has 1 saturated heterocycles. The maximum absolute atomic E-state index is 5.64. The zero-order chi connectivity index (χ0) is 12.8. The predicted molar refractivity (Wildman–Crippen MR) is 76.1 cm³/mol. The van der Waals surface area contributed by atoms with E-state index in [1.165, 1.54) is 24.1 Å². The minimum absolute atomic E-state index is 0.453. The number of likely N-dealkylation sites (N-methyl/N-ethyl adjacent to an activating group) is 1. The van der Waals surface area contributed by atoms with E-state index in [0.717, 1.165) is 26.2 Å². The normalized spacial score (nSPS) is 19.4. The molecular weight excluding hydrogens is 224 g/mol. The lowest BCUT2D eigenvalue weighted by atomic mass is 10.2. The second-order valence-electron chi connectivity index (χ2n) is 5.19. The number of nitrogens with zero attached hydrogens (tertiary/aromatic N) is 1. The highest BCUT2D eigenvalue weighted by Crippen LogP contribution is 2.13. The molecule has 0 amide bonds. The van der Waals surface area contributed by atoms with E-state index < -0.39 is 0 Å². The van der Waals surface area contributed by atoms with Crippen molar-refractivity contribution in [2.75, 3.05) is 38.6 Å². The summed E-state index contributed by atoms with van der Waals surface area (Å²) in [5, 5.41) is 3.46. The topological polar surface area (TPSA) is 24.5 Å². The Hall–Kier alpha value is -1.06.